The number of carbonyl (C=O) groups excluding carboxylic acids is 2. The Bertz CT molecular complexity index is 622. The fourth-order valence-electron chi connectivity index (χ4n) is 3.76. The standard InChI is InChI=1S/C23H37N3O2/c1-18(2)17-21(25-22(27)20-12-7-6-11-19(20)3)23(28)24-13-10-16-26-14-8-4-5-9-15-26/h6-7,11-12,18,21H,4-5,8-10,13-17H2,1-3H3,(H,24,28)(H,25,27). The monoisotopic (exact) mass is 387 g/mol. The van der Waals surface area contributed by atoms with E-state index >= 15 is 0 Å². The predicted octanol–water partition coefficient (Wildman–Crippen LogP) is 3.52. The van der Waals surface area contributed by atoms with Gasteiger partial charge >= 0.3 is 0 Å². The molecule has 0 aromatic heterocycles. The van der Waals surface area contributed by atoms with Crippen molar-refractivity contribution < 1.29 is 9.59 Å². The van der Waals surface area contributed by atoms with Crippen LogP contribution < -0.4 is 10.6 Å². The molecule has 0 saturated carbocycles. The minimum Gasteiger partial charge on any atom is -0.354 e. The van der Waals surface area contributed by atoms with E-state index in [1.165, 1.54) is 38.8 Å². The molecule has 1 atom stereocenters. The SMILES string of the molecule is Cc1ccccc1C(=O)NC(CC(C)C)C(=O)NCCCN1CCCCCC1. The van der Waals surface area contributed by atoms with Crippen molar-refractivity contribution in [1.82, 2.24) is 15.5 Å². The Morgan fingerprint density at radius 3 is 2.39 bits per heavy atom. The molecule has 0 spiro atoms. The number of benzene rings is 1. The third-order valence-electron chi connectivity index (χ3n) is 5.37. The number of nitrogens with one attached hydrogen (secondary N) is 2. The first kappa shape index (κ1) is 22.4. The Morgan fingerprint density at radius 1 is 1.07 bits per heavy atom. The summed E-state index contributed by atoms with van der Waals surface area (Å²) < 4.78 is 0. The molecule has 0 radical (unpaired) electrons. The molecule has 1 saturated heterocycles. The van der Waals surface area contributed by atoms with Crippen LogP contribution in [0.2, 0.25) is 0 Å². The molecule has 1 aromatic rings. The molecular formula is C23H37N3O2. The summed E-state index contributed by atoms with van der Waals surface area (Å²) >= 11 is 0. The van der Waals surface area contributed by atoms with E-state index in [0.29, 0.717) is 24.4 Å². The summed E-state index contributed by atoms with van der Waals surface area (Å²) in [6, 6.07) is 6.98. The molecule has 5 nitrogen and oxygen atoms in total. The first-order valence-electron chi connectivity index (χ1n) is 10.8. The van der Waals surface area contributed by atoms with Crippen LogP contribution in [0, 0.1) is 12.8 Å². The van der Waals surface area contributed by atoms with Crippen LogP contribution in [0.4, 0.5) is 0 Å². The molecule has 1 aliphatic heterocycles. The van der Waals surface area contributed by atoms with E-state index in [1.54, 1.807) is 6.07 Å². The van der Waals surface area contributed by atoms with Crippen molar-refractivity contribution in [2.75, 3.05) is 26.2 Å². The maximum absolute atomic E-state index is 12.7. The number of hydrogen-bond acceptors (Lipinski definition) is 3. The smallest absolute Gasteiger partial charge is 0.252 e. The Hall–Kier alpha value is -1.88. The van der Waals surface area contributed by atoms with Crippen LogP contribution in [-0.2, 0) is 4.79 Å². The van der Waals surface area contributed by atoms with Crippen molar-refractivity contribution in [3.05, 3.63) is 35.4 Å². The summed E-state index contributed by atoms with van der Waals surface area (Å²) in [6.07, 6.45) is 6.83. The molecule has 0 bridgehead atoms. The molecule has 28 heavy (non-hydrogen) atoms. The summed E-state index contributed by atoms with van der Waals surface area (Å²) in [6.45, 7) is 10.1. The zero-order chi connectivity index (χ0) is 20.4. The van der Waals surface area contributed by atoms with Gasteiger partial charge in [-0.1, -0.05) is 44.9 Å². The van der Waals surface area contributed by atoms with Gasteiger partial charge in [-0.15, -0.1) is 0 Å². The van der Waals surface area contributed by atoms with E-state index in [0.717, 1.165) is 18.5 Å². The van der Waals surface area contributed by atoms with Crippen molar-refractivity contribution in [3.8, 4) is 0 Å². The second kappa shape index (κ2) is 11.8. The summed E-state index contributed by atoms with van der Waals surface area (Å²) in [5.41, 5.74) is 1.55. The average molecular weight is 388 g/mol. The topological polar surface area (TPSA) is 61.4 Å². The lowest BCUT2D eigenvalue weighted by Crippen LogP contribution is -2.48. The predicted molar refractivity (Wildman–Crippen MR) is 114 cm³/mol. The highest BCUT2D eigenvalue weighted by Gasteiger charge is 2.23. The van der Waals surface area contributed by atoms with Gasteiger partial charge in [0.1, 0.15) is 6.04 Å². The van der Waals surface area contributed by atoms with E-state index in [1.807, 2.05) is 25.1 Å². The Labute approximate surface area is 170 Å². The average Bonchev–Trinajstić information content (AvgIpc) is 2.93. The van der Waals surface area contributed by atoms with Gasteiger partial charge in [-0.05, 0) is 69.8 Å². The van der Waals surface area contributed by atoms with Crippen molar-refractivity contribution in [2.24, 2.45) is 5.92 Å². The molecule has 5 heteroatoms. The van der Waals surface area contributed by atoms with E-state index in [9.17, 15) is 9.59 Å². The Kier molecular flexibility index (Phi) is 9.48. The fourth-order valence-corrected chi connectivity index (χ4v) is 3.76. The second-order valence-corrected chi connectivity index (χ2v) is 8.37. The third-order valence-corrected chi connectivity index (χ3v) is 5.37. The minimum absolute atomic E-state index is 0.0773. The molecule has 1 aliphatic rings. The van der Waals surface area contributed by atoms with Gasteiger partial charge in [0.25, 0.3) is 5.91 Å². The lowest BCUT2D eigenvalue weighted by Gasteiger charge is -2.22. The summed E-state index contributed by atoms with van der Waals surface area (Å²) in [5, 5.41) is 5.98. The Morgan fingerprint density at radius 2 is 1.75 bits per heavy atom. The number of rotatable bonds is 9. The quantitative estimate of drug-likeness (QED) is 0.637. The number of hydrogen-bond donors (Lipinski definition) is 2. The van der Waals surface area contributed by atoms with Gasteiger partial charge in [-0.3, -0.25) is 9.59 Å². The Balaban J connectivity index is 1.82. The molecule has 1 fully saturated rings. The van der Waals surface area contributed by atoms with Crippen LogP contribution in [0.1, 0.15) is 68.3 Å². The number of carbonyl (C=O) groups is 2. The first-order chi connectivity index (χ1) is 13.5. The van der Waals surface area contributed by atoms with Crippen molar-refractivity contribution in [3.63, 3.8) is 0 Å². The molecule has 0 aliphatic carbocycles. The van der Waals surface area contributed by atoms with E-state index in [2.05, 4.69) is 29.4 Å². The van der Waals surface area contributed by atoms with Crippen LogP contribution in [0.15, 0.2) is 24.3 Å². The lowest BCUT2D eigenvalue weighted by atomic mass is 10.0. The fraction of sp³-hybridized carbons (Fsp3) is 0.652. The van der Waals surface area contributed by atoms with Gasteiger partial charge in [0.2, 0.25) is 5.91 Å². The molecular weight excluding hydrogens is 350 g/mol. The molecule has 1 aromatic carbocycles. The van der Waals surface area contributed by atoms with E-state index < -0.39 is 6.04 Å². The summed E-state index contributed by atoms with van der Waals surface area (Å²) in [7, 11) is 0. The molecule has 156 valence electrons. The second-order valence-electron chi connectivity index (χ2n) is 8.37. The summed E-state index contributed by atoms with van der Waals surface area (Å²) in [5.74, 6) is 0.0694. The maximum atomic E-state index is 12.7. The largest absolute Gasteiger partial charge is 0.354 e. The highest BCUT2D eigenvalue weighted by molar-refractivity contribution is 5.98. The normalized spacial score (nSPS) is 16.4. The molecule has 2 rings (SSSR count). The lowest BCUT2D eigenvalue weighted by molar-refractivity contribution is -0.123. The minimum atomic E-state index is -0.495. The number of likely N-dealkylation sites (tertiary alicyclic amines) is 1. The van der Waals surface area contributed by atoms with E-state index in [-0.39, 0.29) is 11.8 Å². The van der Waals surface area contributed by atoms with E-state index in [4.69, 9.17) is 0 Å². The van der Waals surface area contributed by atoms with Gasteiger partial charge in [0.05, 0.1) is 0 Å². The van der Waals surface area contributed by atoms with Crippen LogP contribution >= 0.6 is 0 Å². The zero-order valence-electron chi connectivity index (χ0n) is 17.8. The number of nitrogens with zero attached hydrogens (tertiary/aromatic N) is 1. The number of aryl methyl sites for hydroxylation is 1. The first-order valence-corrected chi connectivity index (χ1v) is 10.8. The van der Waals surface area contributed by atoms with Gasteiger partial charge in [0.15, 0.2) is 0 Å². The van der Waals surface area contributed by atoms with Gasteiger partial charge in [0, 0.05) is 12.1 Å². The van der Waals surface area contributed by atoms with Crippen molar-refractivity contribution >= 4 is 11.8 Å². The van der Waals surface area contributed by atoms with Gasteiger partial charge in [-0.2, -0.15) is 0 Å². The van der Waals surface area contributed by atoms with Crippen LogP contribution in [0.3, 0.4) is 0 Å². The number of amides is 2. The molecule has 1 unspecified atom stereocenters. The van der Waals surface area contributed by atoms with Crippen molar-refractivity contribution in [1.29, 1.82) is 0 Å². The molecule has 2 N–H and O–H groups in total. The highest BCUT2D eigenvalue weighted by Crippen LogP contribution is 2.11. The van der Waals surface area contributed by atoms with Gasteiger partial charge in [-0.25, -0.2) is 0 Å². The van der Waals surface area contributed by atoms with Gasteiger partial charge < -0.3 is 15.5 Å². The molecule has 1 heterocycles. The van der Waals surface area contributed by atoms with Crippen LogP contribution in [-0.4, -0.2) is 48.9 Å². The van der Waals surface area contributed by atoms with Crippen LogP contribution in [0.5, 0.6) is 0 Å². The maximum Gasteiger partial charge on any atom is 0.252 e. The van der Waals surface area contributed by atoms with Crippen LogP contribution in [0.25, 0.3) is 0 Å². The molecule has 2 amide bonds. The summed E-state index contributed by atoms with van der Waals surface area (Å²) in [4.78, 5) is 27.8. The zero-order valence-corrected chi connectivity index (χ0v) is 17.8. The highest BCUT2D eigenvalue weighted by atomic mass is 16.2. The third kappa shape index (κ3) is 7.63. The van der Waals surface area contributed by atoms with Crippen molar-refractivity contribution in [2.45, 2.75) is 65.3 Å².